The Balaban J connectivity index is 1.81. The van der Waals surface area contributed by atoms with Gasteiger partial charge in [0.1, 0.15) is 61.0 Å². The lowest BCUT2D eigenvalue weighted by atomic mass is 9.96. The highest BCUT2D eigenvalue weighted by Crippen LogP contribution is 2.32. The Kier molecular flexibility index (Phi) is 8.44. The summed E-state index contributed by atoms with van der Waals surface area (Å²) in [5.74, 6) is 0. The van der Waals surface area contributed by atoms with Gasteiger partial charge in [-0.2, -0.15) is 0 Å². The summed E-state index contributed by atoms with van der Waals surface area (Å²) in [6.45, 7) is 2.09. The van der Waals surface area contributed by atoms with E-state index in [9.17, 15) is 46.0 Å². The van der Waals surface area contributed by atoms with E-state index >= 15 is 0 Å². The second-order valence-electron chi connectivity index (χ2n) is 8.30. The van der Waals surface area contributed by atoms with E-state index in [0.717, 1.165) is 0 Å². The van der Waals surface area contributed by atoms with Crippen LogP contribution in [0.15, 0.2) is 0 Å². The standard InChI is InChI=1S/C18H32O14/c1-4-8(21)11(24)14(16(27)28-4)31-18-15(12(25)9(22)6(3-19)30-18)32-17-13(26)10(23)7(20)5(2)29-17/h4-27H,3H2,1-2H3/t4-,5+,6-,7+,8+,9-,10-,11+,12+,13-,14-,15-,16-,17+,18+/m1/s1. The van der Waals surface area contributed by atoms with Crippen molar-refractivity contribution in [2.24, 2.45) is 0 Å². The van der Waals surface area contributed by atoms with Crippen LogP contribution in [0.2, 0.25) is 0 Å². The molecule has 3 aliphatic rings. The van der Waals surface area contributed by atoms with Gasteiger partial charge in [-0.15, -0.1) is 0 Å². The zero-order valence-electron chi connectivity index (χ0n) is 17.4. The molecule has 0 aromatic rings. The molecule has 0 aromatic heterocycles. The SMILES string of the molecule is C[C@@H]1O[C@@H](O[C@H]2[C@H](O[C@@H]3[C@@H](O)[C@@H](O)[C@@H](C)O[C@H]3O)O[C@H](CO)[C@@H](O)[C@@H]2O)[C@H](O)[C@H](O)[C@H]1O. The maximum absolute atomic E-state index is 10.6. The van der Waals surface area contributed by atoms with Crippen LogP contribution in [-0.4, -0.2) is 145 Å². The Morgan fingerprint density at radius 2 is 1.09 bits per heavy atom. The average molecular weight is 472 g/mol. The van der Waals surface area contributed by atoms with E-state index in [-0.39, 0.29) is 0 Å². The number of hydrogen-bond donors (Lipinski definition) is 9. The van der Waals surface area contributed by atoms with Gasteiger partial charge in [0, 0.05) is 0 Å². The monoisotopic (exact) mass is 472 g/mol. The van der Waals surface area contributed by atoms with Crippen LogP contribution in [0.1, 0.15) is 13.8 Å². The zero-order chi connectivity index (χ0) is 23.9. The summed E-state index contributed by atoms with van der Waals surface area (Å²) in [6.07, 6.45) is -22.7. The van der Waals surface area contributed by atoms with E-state index < -0.39 is 98.7 Å². The second kappa shape index (κ2) is 10.4. The quantitative estimate of drug-likeness (QED) is 0.182. The van der Waals surface area contributed by atoms with Crippen molar-refractivity contribution in [2.75, 3.05) is 6.61 Å². The molecule has 3 rings (SSSR count). The minimum atomic E-state index is -1.77. The van der Waals surface area contributed by atoms with Crippen molar-refractivity contribution in [3.8, 4) is 0 Å². The lowest BCUT2D eigenvalue weighted by Crippen LogP contribution is -2.66. The van der Waals surface area contributed by atoms with Gasteiger partial charge in [-0.1, -0.05) is 0 Å². The molecule has 3 heterocycles. The molecule has 0 aliphatic carbocycles. The normalized spacial score (nSPS) is 55.0. The van der Waals surface area contributed by atoms with Gasteiger partial charge in [-0.25, -0.2) is 0 Å². The first-order chi connectivity index (χ1) is 15.0. The first-order valence-electron chi connectivity index (χ1n) is 10.3. The molecule has 0 amide bonds. The molecule has 3 aliphatic heterocycles. The van der Waals surface area contributed by atoms with Gasteiger partial charge in [0.15, 0.2) is 18.9 Å². The summed E-state index contributed by atoms with van der Waals surface area (Å²) < 4.78 is 26.9. The minimum Gasteiger partial charge on any atom is -0.394 e. The van der Waals surface area contributed by atoms with E-state index in [1.54, 1.807) is 0 Å². The lowest BCUT2D eigenvalue weighted by molar-refractivity contribution is -0.388. The average Bonchev–Trinajstić information content (AvgIpc) is 2.76. The molecule has 0 unspecified atom stereocenters. The largest absolute Gasteiger partial charge is 0.394 e. The lowest BCUT2D eigenvalue weighted by Gasteiger charge is -2.47. The van der Waals surface area contributed by atoms with Crippen molar-refractivity contribution < 1.29 is 69.6 Å². The van der Waals surface area contributed by atoms with Crippen LogP contribution in [0.4, 0.5) is 0 Å². The molecule has 0 aromatic carbocycles. The molecule has 188 valence electrons. The van der Waals surface area contributed by atoms with Crippen LogP contribution in [0.3, 0.4) is 0 Å². The zero-order valence-corrected chi connectivity index (χ0v) is 17.4. The minimum absolute atomic E-state index is 0.735. The van der Waals surface area contributed by atoms with E-state index in [0.29, 0.717) is 0 Å². The third kappa shape index (κ3) is 4.94. The molecule has 0 saturated carbocycles. The molecule has 14 nitrogen and oxygen atoms in total. The van der Waals surface area contributed by atoms with Crippen LogP contribution >= 0.6 is 0 Å². The van der Waals surface area contributed by atoms with Crippen LogP contribution in [-0.2, 0) is 23.7 Å². The van der Waals surface area contributed by atoms with Crippen molar-refractivity contribution in [2.45, 2.75) is 106 Å². The Morgan fingerprint density at radius 1 is 0.562 bits per heavy atom. The highest BCUT2D eigenvalue weighted by Gasteiger charge is 2.53. The molecule has 0 spiro atoms. The van der Waals surface area contributed by atoms with Crippen molar-refractivity contribution in [1.82, 2.24) is 0 Å². The van der Waals surface area contributed by atoms with Gasteiger partial charge >= 0.3 is 0 Å². The van der Waals surface area contributed by atoms with E-state index in [1.807, 2.05) is 0 Å². The Hall–Kier alpha value is -0.560. The Bertz CT molecular complexity index is 610. The number of aliphatic hydroxyl groups is 9. The molecule has 9 N–H and O–H groups in total. The molecule has 3 fully saturated rings. The third-order valence-corrected chi connectivity index (χ3v) is 6.02. The summed E-state index contributed by atoms with van der Waals surface area (Å²) in [5.41, 5.74) is 0. The summed E-state index contributed by atoms with van der Waals surface area (Å²) in [4.78, 5) is 0. The molecule has 32 heavy (non-hydrogen) atoms. The number of ether oxygens (including phenoxy) is 5. The third-order valence-electron chi connectivity index (χ3n) is 6.02. The Morgan fingerprint density at radius 3 is 1.72 bits per heavy atom. The summed E-state index contributed by atoms with van der Waals surface area (Å²) in [6, 6.07) is 0. The molecule has 14 heteroatoms. The van der Waals surface area contributed by atoms with Gasteiger partial charge in [0.25, 0.3) is 0 Å². The first kappa shape index (κ1) is 26.1. The van der Waals surface area contributed by atoms with E-state index in [1.165, 1.54) is 13.8 Å². The molecule has 0 bridgehead atoms. The maximum atomic E-state index is 10.6. The fraction of sp³-hybridized carbons (Fsp3) is 1.00. The van der Waals surface area contributed by atoms with Crippen LogP contribution in [0, 0.1) is 0 Å². The van der Waals surface area contributed by atoms with E-state index in [4.69, 9.17) is 23.7 Å². The fourth-order valence-electron chi connectivity index (χ4n) is 3.91. The fourth-order valence-corrected chi connectivity index (χ4v) is 3.91. The van der Waals surface area contributed by atoms with Gasteiger partial charge in [-0.3, -0.25) is 0 Å². The van der Waals surface area contributed by atoms with E-state index in [2.05, 4.69) is 0 Å². The molecule has 3 saturated heterocycles. The molecular formula is C18H32O14. The maximum Gasteiger partial charge on any atom is 0.187 e. The first-order valence-corrected chi connectivity index (χ1v) is 10.3. The van der Waals surface area contributed by atoms with Crippen molar-refractivity contribution in [3.63, 3.8) is 0 Å². The molecule has 15 atom stereocenters. The predicted octanol–water partition coefficient (Wildman–Crippen LogP) is -5.52. The highest BCUT2D eigenvalue weighted by atomic mass is 16.8. The number of aliphatic hydroxyl groups excluding tert-OH is 9. The van der Waals surface area contributed by atoms with Gasteiger partial charge in [-0.05, 0) is 13.8 Å². The number of hydrogen-bond acceptors (Lipinski definition) is 14. The van der Waals surface area contributed by atoms with Gasteiger partial charge in [0.05, 0.1) is 18.8 Å². The summed E-state index contributed by atoms with van der Waals surface area (Å²) >= 11 is 0. The van der Waals surface area contributed by atoms with Crippen LogP contribution in [0.25, 0.3) is 0 Å². The van der Waals surface area contributed by atoms with Crippen molar-refractivity contribution in [3.05, 3.63) is 0 Å². The topological polar surface area (TPSA) is 228 Å². The van der Waals surface area contributed by atoms with Crippen LogP contribution in [0.5, 0.6) is 0 Å². The highest BCUT2D eigenvalue weighted by molar-refractivity contribution is 4.95. The predicted molar refractivity (Wildman–Crippen MR) is 98.4 cm³/mol. The van der Waals surface area contributed by atoms with Crippen molar-refractivity contribution >= 4 is 0 Å². The summed E-state index contributed by atoms with van der Waals surface area (Å²) in [7, 11) is 0. The van der Waals surface area contributed by atoms with Crippen LogP contribution < -0.4 is 0 Å². The Labute approximate surface area is 183 Å². The van der Waals surface area contributed by atoms with Gasteiger partial charge in [0.2, 0.25) is 0 Å². The smallest absolute Gasteiger partial charge is 0.187 e. The van der Waals surface area contributed by atoms with Gasteiger partial charge < -0.3 is 69.6 Å². The summed E-state index contributed by atoms with van der Waals surface area (Å²) in [5, 5.41) is 90.7. The second-order valence-corrected chi connectivity index (χ2v) is 8.30. The molecule has 0 radical (unpaired) electrons. The number of rotatable bonds is 5. The van der Waals surface area contributed by atoms with Crippen molar-refractivity contribution in [1.29, 1.82) is 0 Å². The molecular weight excluding hydrogens is 440 g/mol.